The van der Waals surface area contributed by atoms with E-state index >= 15 is 0 Å². The fraction of sp³-hybridized carbons (Fsp3) is 0.472. The Hall–Kier alpha value is -3.87. The van der Waals surface area contributed by atoms with Gasteiger partial charge >= 0.3 is 0 Å². The van der Waals surface area contributed by atoms with Crippen molar-refractivity contribution in [3.8, 4) is 11.5 Å². The molecule has 2 aromatic carbocycles. The van der Waals surface area contributed by atoms with E-state index in [1.807, 2.05) is 58.2 Å². The van der Waals surface area contributed by atoms with Gasteiger partial charge in [0, 0.05) is 54.0 Å². The highest BCUT2D eigenvalue weighted by Gasteiger charge is 2.48. The molecule has 3 aliphatic rings. The number of carbonyl (C=O) groups is 3. The normalized spacial score (nSPS) is 19.7. The number of ether oxygens (including phenoxy) is 2. The molecule has 0 atom stereocenters. The lowest BCUT2D eigenvalue weighted by Crippen LogP contribution is -2.43. The largest absolute Gasteiger partial charge is 0.490 e. The molecule has 7 nitrogen and oxygen atoms in total. The number of Topliss-reactive ketones (excluding diaryl/α,β-unsaturated/α-hetero) is 2. The third-order valence-corrected chi connectivity index (χ3v) is 9.02. The van der Waals surface area contributed by atoms with Crippen molar-refractivity contribution < 1.29 is 23.9 Å². The highest BCUT2D eigenvalue weighted by Crippen LogP contribution is 2.54. The zero-order chi connectivity index (χ0) is 31.3. The lowest BCUT2D eigenvalue weighted by molar-refractivity contribution is -0.120. The summed E-state index contributed by atoms with van der Waals surface area (Å²) in [5, 5.41) is 2.93. The lowest BCUT2D eigenvalue weighted by atomic mass is 9.64. The first-order valence-corrected chi connectivity index (χ1v) is 15.2. The molecular weight excluding hydrogens is 540 g/mol. The predicted octanol–water partition coefficient (Wildman–Crippen LogP) is 7.04. The van der Waals surface area contributed by atoms with Gasteiger partial charge in [-0.15, -0.1) is 0 Å². The minimum Gasteiger partial charge on any atom is -0.490 e. The molecule has 1 heterocycles. The van der Waals surface area contributed by atoms with E-state index in [1.54, 1.807) is 6.07 Å². The highest BCUT2D eigenvalue weighted by atomic mass is 16.5. The molecule has 1 N–H and O–H groups in total. The first kappa shape index (κ1) is 30.6. The van der Waals surface area contributed by atoms with Gasteiger partial charge in [0.05, 0.1) is 6.61 Å². The van der Waals surface area contributed by atoms with Crippen molar-refractivity contribution in [1.82, 2.24) is 4.90 Å². The fourth-order valence-corrected chi connectivity index (χ4v) is 6.81. The maximum Gasteiger partial charge on any atom is 0.262 e. The maximum atomic E-state index is 13.8. The van der Waals surface area contributed by atoms with Gasteiger partial charge in [-0.25, -0.2) is 0 Å². The second kappa shape index (κ2) is 11.3. The van der Waals surface area contributed by atoms with Gasteiger partial charge in [-0.05, 0) is 79.3 Å². The first-order valence-electron chi connectivity index (χ1n) is 15.2. The summed E-state index contributed by atoms with van der Waals surface area (Å²) in [4.78, 5) is 42.5. The molecule has 1 amide bonds. The summed E-state index contributed by atoms with van der Waals surface area (Å²) in [5.74, 6) is 0.364. The van der Waals surface area contributed by atoms with Crippen LogP contribution in [0.1, 0.15) is 82.9 Å². The van der Waals surface area contributed by atoms with E-state index in [0.29, 0.717) is 30.9 Å². The van der Waals surface area contributed by atoms with Crippen LogP contribution >= 0.6 is 0 Å². The number of benzene rings is 2. The van der Waals surface area contributed by atoms with Gasteiger partial charge in [0.1, 0.15) is 0 Å². The number of amides is 1. The first-order chi connectivity index (χ1) is 20.2. The van der Waals surface area contributed by atoms with Crippen LogP contribution in [0, 0.1) is 24.7 Å². The molecule has 0 spiro atoms. The molecule has 0 aromatic heterocycles. The SMILES string of the molecule is CCOc1cc(C2C3=C(CC(C)(C)CC3=O)N(C)C3=C2C(=O)CC(C)(C)C3)ccc1OCC(=O)Nc1cccc(C)c1C. The number of nitrogens with one attached hydrogen (secondary N) is 1. The van der Waals surface area contributed by atoms with Crippen molar-refractivity contribution in [2.45, 2.75) is 80.1 Å². The van der Waals surface area contributed by atoms with Gasteiger partial charge in [-0.2, -0.15) is 0 Å². The standard InChI is InChI=1S/C36H44N2O5/c1-9-42-30-15-23(13-14-29(30)43-20-31(41)37-24-12-10-11-21(2)22(24)3)32-33-25(16-35(4,5)18-27(33)39)38(8)26-17-36(6,7)19-28(40)34(26)32/h10-15,32H,9,16-20H2,1-8H3,(H,37,41). The van der Waals surface area contributed by atoms with Crippen molar-refractivity contribution >= 4 is 23.2 Å². The van der Waals surface area contributed by atoms with Crippen LogP contribution in [0.15, 0.2) is 58.9 Å². The third-order valence-electron chi connectivity index (χ3n) is 9.02. The lowest BCUT2D eigenvalue weighted by Gasteiger charge is -2.47. The molecule has 0 bridgehead atoms. The molecule has 5 rings (SSSR count). The summed E-state index contributed by atoms with van der Waals surface area (Å²) in [5.41, 5.74) is 6.83. The molecule has 0 radical (unpaired) electrons. The second-order valence-corrected chi connectivity index (χ2v) is 13.8. The van der Waals surface area contributed by atoms with Gasteiger partial charge in [0.2, 0.25) is 0 Å². The van der Waals surface area contributed by atoms with E-state index in [2.05, 4.69) is 37.9 Å². The van der Waals surface area contributed by atoms with Crippen LogP contribution in [-0.4, -0.2) is 42.6 Å². The summed E-state index contributed by atoms with van der Waals surface area (Å²) in [6.45, 7) is 14.6. The van der Waals surface area contributed by atoms with E-state index in [9.17, 15) is 14.4 Å². The number of rotatable bonds is 7. The van der Waals surface area contributed by atoms with Crippen LogP contribution in [0.4, 0.5) is 5.69 Å². The summed E-state index contributed by atoms with van der Waals surface area (Å²) in [6, 6.07) is 11.4. The van der Waals surface area contributed by atoms with Crippen LogP contribution in [0.3, 0.4) is 0 Å². The van der Waals surface area contributed by atoms with E-state index in [4.69, 9.17) is 9.47 Å². The number of hydrogen-bond donors (Lipinski definition) is 1. The van der Waals surface area contributed by atoms with Crippen molar-refractivity contribution in [3.05, 3.63) is 75.6 Å². The van der Waals surface area contributed by atoms with Crippen LogP contribution in [0.2, 0.25) is 0 Å². The highest BCUT2D eigenvalue weighted by molar-refractivity contribution is 6.06. The van der Waals surface area contributed by atoms with Crippen LogP contribution < -0.4 is 14.8 Å². The molecule has 2 aromatic rings. The molecule has 2 aliphatic carbocycles. The minimum absolute atomic E-state index is 0.0914. The number of nitrogens with zero attached hydrogens (tertiary/aromatic N) is 1. The van der Waals surface area contributed by atoms with Gasteiger partial charge < -0.3 is 19.7 Å². The number of anilines is 1. The second-order valence-electron chi connectivity index (χ2n) is 13.8. The molecule has 7 heteroatoms. The summed E-state index contributed by atoms with van der Waals surface area (Å²) < 4.78 is 12.0. The van der Waals surface area contributed by atoms with E-state index in [0.717, 1.165) is 57.8 Å². The van der Waals surface area contributed by atoms with Crippen LogP contribution in [0.25, 0.3) is 0 Å². The Labute approximate surface area is 255 Å². The van der Waals surface area contributed by atoms with Crippen molar-refractivity contribution in [2.24, 2.45) is 10.8 Å². The summed E-state index contributed by atoms with van der Waals surface area (Å²) in [7, 11) is 2.01. The quantitative estimate of drug-likeness (QED) is 0.376. The average Bonchev–Trinajstić information content (AvgIpc) is 2.91. The smallest absolute Gasteiger partial charge is 0.262 e. The molecule has 0 saturated carbocycles. The van der Waals surface area contributed by atoms with Gasteiger partial charge in [0.15, 0.2) is 29.7 Å². The van der Waals surface area contributed by atoms with Gasteiger partial charge in [-0.3, -0.25) is 14.4 Å². The van der Waals surface area contributed by atoms with Gasteiger partial charge in [0.25, 0.3) is 5.91 Å². The Morgan fingerprint density at radius 1 is 0.884 bits per heavy atom. The van der Waals surface area contributed by atoms with Crippen LogP contribution in [-0.2, 0) is 14.4 Å². The number of aryl methyl sites for hydroxylation is 1. The monoisotopic (exact) mass is 584 g/mol. The minimum atomic E-state index is -0.464. The zero-order valence-corrected chi connectivity index (χ0v) is 26.8. The molecule has 228 valence electrons. The third kappa shape index (κ3) is 5.99. The molecule has 0 saturated heterocycles. The Balaban J connectivity index is 1.50. The number of hydrogen-bond acceptors (Lipinski definition) is 6. The summed E-state index contributed by atoms with van der Waals surface area (Å²) >= 11 is 0. The topological polar surface area (TPSA) is 84.9 Å². The molecule has 0 fully saturated rings. The Bertz CT molecular complexity index is 1510. The Morgan fingerprint density at radius 2 is 1.49 bits per heavy atom. The predicted molar refractivity (Wildman–Crippen MR) is 168 cm³/mol. The molecular formula is C36H44N2O5. The van der Waals surface area contributed by atoms with E-state index < -0.39 is 5.92 Å². The molecule has 43 heavy (non-hydrogen) atoms. The number of carbonyl (C=O) groups excluding carboxylic acids is 3. The van der Waals surface area contributed by atoms with Crippen molar-refractivity contribution in [1.29, 1.82) is 0 Å². The average molecular weight is 585 g/mol. The Morgan fingerprint density at radius 3 is 2.07 bits per heavy atom. The molecule has 0 unspecified atom stereocenters. The maximum absolute atomic E-state index is 13.8. The molecule has 1 aliphatic heterocycles. The van der Waals surface area contributed by atoms with Crippen molar-refractivity contribution in [2.75, 3.05) is 25.6 Å². The number of allylic oxidation sites excluding steroid dienone is 4. The van der Waals surface area contributed by atoms with Gasteiger partial charge in [-0.1, -0.05) is 45.9 Å². The van der Waals surface area contributed by atoms with E-state index in [1.165, 1.54) is 0 Å². The number of ketones is 2. The zero-order valence-electron chi connectivity index (χ0n) is 26.8. The van der Waals surface area contributed by atoms with Crippen molar-refractivity contribution in [3.63, 3.8) is 0 Å². The van der Waals surface area contributed by atoms with Crippen LogP contribution in [0.5, 0.6) is 11.5 Å². The fourth-order valence-electron chi connectivity index (χ4n) is 6.81. The Kier molecular flexibility index (Phi) is 8.05. The van der Waals surface area contributed by atoms with E-state index in [-0.39, 0.29) is 34.9 Å². The summed E-state index contributed by atoms with van der Waals surface area (Å²) in [6.07, 6.45) is 2.41.